The first-order valence-corrected chi connectivity index (χ1v) is 9.10. The van der Waals surface area contributed by atoms with E-state index in [1.54, 1.807) is 19.2 Å². The van der Waals surface area contributed by atoms with Crippen molar-refractivity contribution in [2.45, 2.75) is 38.4 Å². The monoisotopic (exact) mass is 380 g/mol. The summed E-state index contributed by atoms with van der Waals surface area (Å²) in [4.78, 5) is 0. The maximum Gasteiger partial charge on any atom is 0.201 e. The summed E-state index contributed by atoms with van der Waals surface area (Å²) in [5, 5.41) is 0. The second-order valence-electron chi connectivity index (χ2n) is 6.58. The SMILES string of the molecule is CCCOc1ccc(-c2ccc(C3CCC(OC)CO3)c(F)c2)c(F)c1F. The first-order chi connectivity index (χ1) is 13.0. The molecule has 2 unspecified atom stereocenters. The quantitative estimate of drug-likeness (QED) is 0.669. The predicted octanol–water partition coefficient (Wildman–Crippen LogP) is 5.43. The number of benzene rings is 2. The summed E-state index contributed by atoms with van der Waals surface area (Å²) < 4.78 is 59.3. The van der Waals surface area contributed by atoms with Crippen LogP contribution in [0.3, 0.4) is 0 Å². The fourth-order valence-corrected chi connectivity index (χ4v) is 3.19. The molecule has 1 saturated heterocycles. The molecule has 0 bridgehead atoms. The van der Waals surface area contributed by atoms with Crippen molar-refractivity contribution in [1.29, 1.82) is 0 Å². The molecule has 0 aromatic heterocycles. The van der Waals surface area contributed by atoms with Gasteiger partial charge in [-0.25, -0.2) is 8.78 Å². The second kappa shape index (κ2) is 8.76. The fourth-order valence-electron chi connectivity index (χ4n) is 3.19. The third-order valence-corrected chi connectivity index (χ3v) is 4.73. The van der Waals surface area contributed by atoms with Crippen molar-refractivity contribution in [1.82, 2.24) is 0 Å². The summed E-state index contributed by atoms with van der Waals surface area (Å²) in [5.74, 6) is -2.75. The van der Waals surface area contributed by atoms with Gasteiger partial charge < -0.3 is 14.2 Å². The molecule has 0 amide bonds. The van der Waals surface area contributed by atoms with Gasteiger partial charge in [-0.15, -0.1) is 0 Å². The fraction of sp³-hybridized carbons (Fsp3) is 0.429. The topological polar surface area (TPSA) is 27.7 Å². The molecule has 1 fully saturated rings. The van der Waals surface area contributed by atoms with Crippen LogP contribution in [0.2, 0.25) is 0 Å². The highest BCUT2D eigenvalue weighted by molar-refractivity contribution is 5.66. The number of rotatable bonds is 6. The minimum Gasteiger partial charge on any atom is -0.490 e. The number of methoxy groups -OCH3 is 1. The molecule has 1 aliphatic heterocycles. The van der Waals surface area contributed by atoms with Gasteiger partial charge in [-0.3, -0.25) is 0 Å². The first-order valence-electron chi connectivity index (χ1n) is 9.10. The van der Waals surface area contributed by atoms with E-state index in [0.29, 0.717) is 31.6 Å². The van der Waals surface area contributed by atoms with Crippen molar-refractivity contribution in [2.75, 3.05) is 20.3 Å². The zero-order chi connectivity index (χ0) is 19.4. The molecule has 2 atom stereocenters. The average molecular weight is 380 g/mol. The number of hydrogen-bond donors (Lipinski definition) is 0. The Balaban J connectivity index is 1.82. The molecule has 27 heavy (non-hydrogen) atoms. The first kappa shape index (κ1) is 19.7. The standard InChI is InChI=1S/C21H23F3O3/c1-3-10-26-19-9-7-15(20(23)21(19)24)13-4-6-16(17(22)11-13)18-8-5-14(25-2)12-27-18/h4,6-7,9,11,14,18H,3,5,8,10,12H2,1-2H3. The van der Waals surface area contributed by atoms with Crippen LogP contribution in [0, 0.1) is 17.5 Å². The van der Waals surface area contributed by atoms with Crippen LogP contribution in [0.15, 0.2) is 30.3 Å². The van der Waals surface area contributed by atoms with E-state index in [1.807, 2.05) is 6.92 Å². The van der Waals surface area contributed by atoms with E-state index in [9.17, 15) is 13.2 Å². The zero-order valence-corrected chi connectivity index (χ0v) is 15.4. The molecule has 0 radical (unpaired) electrons. The second-order valence-corrected chi connectivity index (χ2v) is 6.58. The van der Waals surface area contributed by atoms with Crippen LogP contribution in [0.25, 0.3) is 11.1 Å². The highest BCUT2D eigenvalue weighted by atomic mass is 19.2. The third kappa shape index (κ3) is 4.28. The molecular weight excluding hydrogens is 357 g/mol. The molecule has 0 aliphatic carbocycles. The molecule has 6 heteroatoms. The van der Waals surface area contributed by atoms with Gasteiger partial charge in [0, 0.05) is 18.2 Å². The number of halogens is 3. The molecule has 2 aromatic carbocycles. The lowest BCUT2D eigenvalue weighted by Gasteiger charge is -2.28. The Hall–Kier alpha value is -2.05. The van der Waals surface area contributed by atoms with Gasteiger partial charge in [0.15, 0.2) is 11.6 Å². The maximum atomic E-state index is 14.6. The van der Waals surface area contributed by atoms with Gasteiger partial charge >= 0.3 is 0 Å². The largest absolute Gasteiger partial charge is 0.490 e. The van der Waals surface area contributed by atoms with Crippen LogP contribution < -0.4 is 4.74 Å². The summed E-state index contributed by atoms with van der Waals surface area (Å²) >= 11 is 0. The molecule has 3 nitrogen and oxygen atoms in total. The summed E-state index contributed by atoms with van der Waals surface area (Å²) in [6, 6.07) is 7.13. The van der Waals surface area contributed by atoms with Crippen molar-refractivity contribution < 1.29 is 27.4 Å². The average Bonchev–Trinajstić information content (AvgIpc) is 2.69. The van der Waals surface area contributed by atoms with Gasteiger partial charge in [-0.2, -0.15) is 4.39 Å². The minimum absolute atomic E-state index is 0.00851. The van der Waals surface area contributed by atoms with E-state index in [4.69, 9.17) is 14.2 Å². The molecule has 3 rings (SSSR count). The molecule has 1 aliphatic rings. The minimum atomic E-state index is -1.06. The van der Waals surface area contributed by atoms with Crippen LogP contribution in [0.1, 0.15) is 37.9 Å². The van der Waals surface area contributed by atoms with Gasteiger partial charge in [-0.1, -0.05) is 19.1 Å². The van der Waals surface area contributed by atoms with Gasteiger partial charge in [0.25, 0.3) is 0 Å². The van der Waals surface area contributed by atoms with Gasteiger partial charge in [0.1, 0.15) is 5.82 Å². The number of ether oxygens (including phenoxy) is 3. The van der Waals surface area contributed by atoms with E-state index < -0.39 is 17.5 Å². The summed E-state index contributed by atoms with van der Waals surface area (Å²) in [7, 11) is 1.62. The van der Waals surface area contributed by atoms with Crippen LogP contribution in [-0.2, 0) is 9.47 Å². The van der Waals surface area contributed by atoms with E-state index in [1.165, 1.54) is 18.2 Å². The van der Waals surface area contributed by atoms with Crippen molar-refractivity contribution in [3.05, 3.63) is 53.3 Å². The van der Waals surface area contributed by atoms with Gasteiger partial charge in [0.05, 0.1) is 25.4 Å². The smallest absolute Gasteiger partial charge is 0.201 e. The molecule has 2 aromatic rings. The Morgan fingerprint density at radius 2 is 1.89 bits per heavy atom. The Kier molecular flexibility index (Phi) is 6.39. The normalized spacial score (nSPS) is 19.9. The van der Waals surface area contributed by atoms with Gasteiger partial charge in [-0.05, 0) is 43.0 Å². The summed E-state index contributed by atoms with van der Waals surface area (Å²) in [6.45, 7) is 2.57. The van der Waals surface area contributed by atoms with Crippen molar-refractivity contribution >= 4 is 0 Å². The van der Waals surface area contributed by atoms with Crippen molar-refractivity contribution in [3.8, 4) is 16.9 Å². The van der Waals surface area contributed by atoms with Crippen molar-refractivity contribution in [3.63, 3.8) is 0 Å². The van der Waals surface area contributed by atoms with E-state index in [-0.39, 0.29) is 29.1 Å². The third-order valence-electron chi connectivity index (χ3n) is 4.73. The Labute approximate surface area is 157 Å². The highest BCUT2D eigenvalue weighted by Crippen LogP contribution is 2.34. The Morgan fingerprint density at radius 1 is 1.07 bits per heavy atom. The molecule has 0 N–H and O–H groups in total. The predicted molar refractivity (Wildman–Crippen MR) is 96.3 cm³/mol. The lowest BCUT2D eigenvalue weighted by Crippen LogP contribution is -2.26. The lowest BCUT2D eigenvalue weighted by atomic mass is 9.96. The van der Waals surface area contributed by atoms with Crippen LogP contribution in [-0.4, -0.2) is 26.4 Å². The van der Waals surface area contributed by atoms with E-state index >= 15 is 0 Å². The Bertz CT molecular complexity index is 786. The van der Waals surface area contributed by atoms with E-state index in [2.05, 4.69) is 0 Å². The molecule has 1 heterocycles. The van der Waals surface area contributed by atoms with Crippen molar-refractivity contribution in [2.24, 2.45) is 0 Å². The number of hydrogen-bond acceptors (Lipinski definition) is 3. The molecular formula is C21H23F3O3. The summed E-state index contributed by atoms with van der Waals surface area (Å²) in [5.41, 5.74) is 0.670. The maximum absolute atomic E-state index is 14.6. The molecule has 0 spiro atoms. The molecule has 146 valence electrons. The lowest BCUT2D eigenvalue weighted by molar-refractivity contribution is -0.0735. The summed E-state index contributed by atoms with van der Waals surface area (Å²) in [6.07, 6.45) is 1.76. The highest BCUT2D eigenvalue weighted by Gasteiger charge is 2.25. The van der Waals surface area contributed by atoms with Crippen LogP contribution in [0.5, 0.6) is 5.75 Å². The zero-order valence-electron chi connectivity index (χ0n) is 15.4. The Morgan fingerprint density at radius 3 is 2.52 bits per heavy atom. The van der Waals surface area contributed by atoms with E-state index in [0.717, 1.165) is 6.42 Å². The van der Waals surface area contributed by atoms with Crippen LogP contribution >= 0.6 is 0 Å². The van der Waals surface area contributed by atoms with Gasteiger partial charge in [0.2, 0.25) is 5.82 Å². The van der Waals surface area contributed by atoms with Crippen LogP contribution in [0.4, 0.5) is 13.2 Å². The molecule has 0 saturated carbocycles.